The van der Waals surface area contributed by atoms with Gasteiger partial charge in [0, 0.05) is 11.1 Å². The Labute approximate surface area is 81.4 Å². The first-order valence-electron chi connectivity index (χ1n) is 4.27. The number of rotatable bonds is 2. The van der Waals surface area contributed by atoms with Crippen molar-refractivity contribution in [2.45, 2.75) is 6.92 Å². The average molecular weight is 187 g/mol. The van der Waals surface area contributed by atoms with Crippen LogP contribution in [-0.4, -0.2) is 11.3 Å². The molecule has 1 aromatic heterocycles. The summed E-state index contributed by atoms with van der Waals surface area (Å²) in [5.74, 6) is 0.547. The van der Waals surface area contributed by atoms with E-state index in [0.29, 0.717) is 11.5 Å². The lowest BCUT2D eigenvalue weighted by Gasteiger charge is -1.95. The van der Waals surface area contributed by atoms with Crippen LogP contribution in [0.3, 0.4) is 0 Å². The van der Waals surface area contributed by atoms with Crippen LogP contribution in [0.1, 0.15) is 16.1 Å². The molecule has 0 aliphatic heterocycles. The zero-order chi connectivity index (χ0) is 9.97. The number of carbonyl (C=O) groups excluding carboxylic acids is 1. The second kappa shape index (κ2) is 3.46. The van der Waals surface area contributed by atoms with E-state index in [0.717, 1.165) is 17.5 Å². The Bertz CT molecular complexity index is 460. The van der Waals surface area contributed by atoms with Gasteiger partial charge >= 0.3 is 0 Å². The smallest absolute Gasteiger partial charge is 0.226 e. The number of carbonyl (C=O) groups is 1. The highest BCUT2D eigenvalue weighted by Gasteiger charge is 2.04. The number of hydrogen-bond donors (Lipinski definition) is 0. The first-order valence-corrected chi connectivity index (χ1v) is 4.27. The lowest BCUT2D eigenvalue weighted by Crippen LogP contribution is -1.82. The van der Waals surface area contributed by atoms with Gasteiger partial charge in [0.05, 0.1) is 5.69 Å². The number of nitrogens with zero attached hydrogens (tertiary/aromatic N) is 1. The second-order valence-electron chi connectivity index (χ2n) is 3.04. The average Bonchev–Trinajstić information content (AvgIpc) is 2.65. The minimum atomic E-state index is 0.547. The van der Waals surface area contributed by atoms with Crippen molar-refractivity contribution in [2.75, 3.05) is 0 Å². The molecule has 3 heteroatoms. The van der Waals surface area contributed by atoms with Crippen LogP contribution in [0.5, 0.6) is 0 Å². The van der Waals surface area contributed by atoms with Crippen LogP contribution in [0, 0.1) is 6.92 Å². The van der Waals surface area contributed by atoms with Gasteiger partial charge < -0.3 is 4.42 Å². The third-order valence-corrected chi connectivity index (χ3v) is 1.89. The molecule has 0 aliphatic rings. The minimum Gasteiger partial charge on any atom is -0.444 e. The van der Waals surface area contributed by atoms with Gasteiger partial charge in [0.25, 0.3) is 0 Å². The molecule has 0 saturated carbocycles. The summed E-state index contributed by atoms with van der Waals surface area (Å²) >= 11 is 0. The van der Waals surface area contributed by atoms with Crippen molar-refractivity contribution in [3.8, 4) is 11.5 Å². The molecule has 0 amide bonds. The van der Waals surface area contributed by atoms with Gasteiger partial charge in [-0.1, -0.05) is 12.1 Å². The molecule has 0 atom stereocenters. The number of oxazole rings is 1. The molecule has 0 unspecified atom stereocenters. The number of aryl methyl sites for hydroxylation is 1. The zero-order valence-electron chi connectivity index (χ0n) is 7.73. The molecule has 1 aromatic carbocycles. The maximum atomic E-state index is 10.5. The van der Waals surface area contributed by atoms with E-state index in [-0.39, 0.29) is 0 Å². The molecule has 0 aliphatic carbocycles. The van der Waals surface area contributed by atoms with E-state index in [1.54, 1.807) is 24.5 Å². The van der Waals surface area contributed by atoms with Crippen LogP contribution in [0.2, 0.25) is 0 Å². The van der Waals surface area contributed by atoms with Gasteiger partial charge in [-0.15, -0.1) is 0 Å². The quantitative estimate of drug-likeness (QED) is 0.678. The summed E-state index contributed by atoms with van der Waals surface area (Å²) in [6.07, 6.45) is 2.39. The third-order valence-electron chi connectivity index (χ3n) is 1.89. The molecule has 0 radical (unpaired) electrons. The summed E-state index contributed by atoms with van der Waals surface area (Å²) in [6.45, 7) is 1.86. The number of benzene rings is 1. The van der Waals surface area contributed by atoms with Crippen molar-refractivity contribution >= 4 is 6.29 Å². The van der Waals surface area contributed by atoms with Crippen molar-refractivity contribution in [1.29, 1.82) is 0 Å². The molecule has 1 heterocycles. The highest BCUT2D eigenvalue weighted by molar-refractivity contribution is 5.77. The molecular weight excluding hydrogens is 178 g/mol. The van der Waals surface area contributed by atoms with Crippen LogP contribution in [0.4, 0.5) is 0 Å². The van der Waals surface area contributed by atoms with Crippen LogP contribution in [-0.2, 0) is 0 Å². The van der Waals surface area contributed by atoms with Crippen molar-refractivity contribution in [2.24, 2.45) is 0 Å². The summed E-state index contributed by atoms with van der Waals surface area (Å²) in [7, 11) is 0. The van der Waals surface area contributed by atoms with Crippen LogP contribution >= 0.6 is 0 Å². The topological polar surface area (TPSA) is 43.1 Å². The number of aldehydes is 1. The van der Waals surface area contributed by atoms with Crippen molar-refractivity contribution in [3.63, 3.8) is 0 Å². The number of aromatic nitrogens is 1. The van der Waals surface area contributed by atoms with Gasteiger partial charge in [0.1, 0.15) is 12.5 Å². The summed E-state index contributed by atoms with van der Waals surface area (Å²) in [6, 6.07) is 7.15. The molecule has 0 fully saturated rings. The van der Waals surface area contributed by atoms with E-state index in [1.807, 2.05) is 13.0 Å². The van der Waals surface area contributed by atoms with Crippen molar-refractivity contribution in [1.82, 2.24) is 4.98 Å². The zero-order valence-corrected chi connectivity index (χ0v) is 7.73. The van der Waals surface area contributed by atoms with Crippen LogP contribution in [0.15, 0.2) is 34.9 Å². The fourth-order valence-electron chi connectivity index (χ4n) is 1.23. The molecule has 0 N–H and O–H groups in total. The van der Waals surface area contributed by atoms with Crippen molar-refractivity contribution < 1.29 is 9.21 Å². The fourth-order valence-corrected chi connectivity index (χ4v) is 1.23. The molecule has 2 rings (SSSR count). The van der Waals surface area contributed by atoms with E-state index in [2.05, 4.69) is 4.98 Å². The lowest BCUT2D eigenvalue weighted by molar-refractivity contribution is 0.112. The monoisotopic (exact) mass is 187 g/mol. The van der Waals surface area contributed by atoms with E-state index >= 15 is 0 Å². The summed E-state index contributed by atoms with van der Waals surface area (Å²) in [4.78, 5) is 14.7. The number of hydrogen-bond acceptors (Lipinski definition) is 3. The standard InChI is InChI=1S/C11H9NO2/c1-8-7-14-11(12-8)10-4-2-3-9(5-10)6-13/h2-7H,1H3. The van der Waals surface area contributed by atoms with Crippen LogP contribution < -0.4 is 0 Å². The molecular formula is C11H9NO2. The third kappa shape index (κ3) is 1.57. The first kappa shape index (κ1) is 8.69. The van der Waals surface area contributed by atoms with E-state index < -0.39 is 0 Å². The Morgan fingerprint density at radius 1 is 1.43 bits per heavy atom. The van der Waals surface area contributed by atoms with E-state index in [1.165, 1.54) is 0 Å². The second-order valence-corrected chi connectivity index (χ2v) is 3.04. The SMILES string of the molecule is Cc1coc(-c2cccc(C=O)c2)n1. The maximum absolute atomic E-state index is 10.5. The Hall–Kier alpha value is -1.90. The van der Waals surface area contributed by atoms with Gasteiger partial charge in [-0.3, -0.25) is 4.79 Å². The summed E-state index contributed by atoms with van der Waals surface area (Å²) < 4.78 is 5.22. The van der Waals surface area contributed by atoms with Crippen LogP contribution in [0.25, 0.3) is 11.5 Å². The predicted octanol–water partition coefficient (Wildman–Crippen LogP) is 2.46. The summed E-state index contributed by atoms with van der Waals surface area (Å²) in [5.41, 5.74) is 2.28. The van der Waals surface area contributed by atoms with Gasteiger partial charge in [-0.2, -0.15) is 0 Å². The van der Waals surface area contributed by atoms with E-state index in [9.17, 15) is 4.79 Å². The predicted molar refractivity (Wildman–Crippen MR) is 52.1 cm³/mol. The highest BCUT2D eigenvalue weighted by atomic mass is 16.3. The maximum Gasteiger partial charge on any atom is 0.226 e. The minimum absolute atomic E-state index is 0.547. The Kier molecular flexibility index (Phi) is 2.14. The molecule has 0 saturated heterocycles. The van der Waals surface area contributed by atoms with Gasteiger partial charge in [-0.25, -0.2) is 4.98 Å². The van der Waals surface area contributed by atoms with E-state index in [4.69, 9.17) is 4.42 Å². The molecule has 2 aromatic rings. The molecule has 3 nitrogen and oxygen atoms in total. The Balaban J connectivity index is 2.46. The fraction of sp³-hybridized carbons (Fsp3) is 0.0909. The van der Waals surface area contributed by atoms with Gasteiger partial charge in [-0.05, 0) is 19.1 Å². The van der Waals surface area contributed by atoms with Gasteiger partial charge in [0.2, 0.25) is 5.89 Å². The Morgan fingerprint density at radius 3 is 2.93 bits per heavy atom. The normalized spacial score (nSPS) is 10.1. The van der Waals surface area contributed by atoms with Gasteiger partial charge in [0.15, 0.2) is 0 Å². The molecule has 0 bridgehead atoms. The van der Waals surface area contributed by atoms with Crippen molar-refractivity contribution in [3.05, 3.63) is 41.8 Å². The Morgan fingerprint density at radius 2 is 2.29 bits per heavy atom. The molecule has 14 heavy (non-hydrogen) atoms. The molecule has 0 spiro atoms. The molecule has 70 valence electrons. The largest absolute Gasteiger partial charge is 0.444 e. The lowest BCUT2D eigenvalue weighted by atomic mass is 10.1. The summed E-state index contributed by atoms with van der Waals surface area (Å²) in [5, 5.41) is 0. The first-order chi connectivity index (χ1) is 6.79. The highest BCUT2D eigenvalue weighted by Crippen LogP contribution is 2.18.